The molecule has 0 aliphatic carbocycles. The summed E-state index contributed by atoms with van der Waals surface area (Å²) in [6, 6.07) is 9.15. The van der Waals surface area contributed by atoms with E-state index >= 15 is 0 Å². The zero-order valence-corrected chi connectivity index (χ0v) is 14.6. The topological polar surface area (TPSA) is 0 Å². The Morgan fingerprint density at radius 2 is 1.07 bits per heavy atom. The van der Waals surface area contributed by atoms with Gasteiger partial charge >= 0.3 is 0 Å². The fourth-order valence-electron chi connectivity index (χ4n) is 2.54. The van der Waals surface area contributed by atoms with Crippen LogP contribution in [0.5, 0.6) is 0 Å². The molecule has 0 radical (unpaired) electrons. The average Bonchev–Trinajstić information content (AvgIpc) is 2.13. The van der Waals surface area contributed by atoms with Crippen molar-refractivity contribution in [2.24, 2.45) is 0 Å². The second-order valence-electron chi connectivity index (χ2n) is 4.80. The van der Waals surface area contributed by atoms with Crippen molar-refractivity contribution in [1.82, 2.24) is 0 Å². The monoisotopic (exact) mass is 356 g/mol. The van der Waals surface area contributed by atoms with Gasteiger partial charge in [0.1, 0.15) is 13.4 Å². The van der Waals surface area contributed by atoms with Crippen LogP contribution in [-0.2, 0) is 0 Å². The van der Waals surface area contributed by atoms with Gasteiger partial charge in [-0.25, -0.2) is 0 Å². The molecule has 1 aliphatic rings. The smallest absolute Gasteiger partial charge is 0.126 e. The summed E-state index contributed by atoms with van der Waals surface area (Å²) in [5, 5.41) is 0. The molecule has 1 fully saturated rings. The van der Waals surface area contributed by atoms with Crippen molar-refractivity contribution in [2.75, 3.05) is 0 Å². The van der Waals surface area contributed by atoms with E-state index < -0.39 is 13.4 Å². The standard InChI is InChI=1S/C10H22Br2Si2/c1-3-5-13(11)7-9-14(12,6-4-2)10-8-13/h3-10H2,1-2H3. The summed E-state index contributed by atoms with van der Waals surface area (Å²) in [6.45, 7) is 2.78. The van der Waals surface area contributed by atoms with Gasteiger partial charge in [-0.2, -0.15) is 0 Å². The molecule has 0 bridgehead atoms. The van der Waals surface area contributed by atoms with E-state index in [1.807, 2.05) is 0 Å². The number of rotatable bonds is 4. The Morgan fingerprint density at radius 3 is 1.29 bits per heavy atom. The van der Waals surface area contributed by atoms with Crippen molar-refractivity contribution >= 4 is 44.0 Å². The van der Waals surface area contributed by atoms with Crippen LogP contribution >= 0.6 is 30.6 Å². The van der Waals surface area contributed by atoms with E-state index in [-0.39, 0.29) is 0 Å². The highest BCUT2D eigenvalue weighted by molar-refractivity contribution is 9.26. The molecular weight excluding hydrogens is 336 g/mol. The van der Waals surface area contributed by atoms with Crippen LogP contribution in [0.2, 0.25) is 36.3 Å². The first-order chi connectivity index (χ1) is 6.54. The fourth-order valence-corrected chi connectivity index (χ4v) is 22.5. The van der Waals surface area contributed by atoms with Crippen LogP contribution in [0.4, 0.5) is 0 Å². The molecule has 0 aromatic rings. The summed E-state index contributed by atoms with van der Waals surface area (Å²) in [6.07, 6.45) is 2.75. The van der Waals surface area contributed by atoms with Gasteiger partial charge in [0.15, 0.2) is 0 Å². The molecule has 1 aliphatic heterocycles. The molecule has 0 unspecified atom stereocenters. The molecule has 0 atom stereocenters. The van der Waals surface area contributed by atoms with Crippen LogP contribution in [0.25, 0.3) is 0 Å². The first-order valence-electron chi connectivity index (χ1n) is 5.91. The first kappa shape index (κ1) is 13.5. The molecule has 0 nitrogen and oxygen atoms in total. The summed E-state index contributed by atoms with van der Waals surface area (Å²) < 4.78 is 0. The van der Waals surface area contributed by atoms with Crippen LogP contribution in [0.1, 0.15) is 26.7 Å². The lowest BCUT2D eigenvalue weighted by Crippen LogP contribution is -2.40. The van der Waals surface area contributed by atoms with Gasteiger partial charge in [0.25, 0.3) is 0 Å². The predicted molar refractivity (Wildman–Crippen MR) is 78.8 cm³/mol. The van der Waals surface area contributed by atoms with Gasteiger partial charge in [0, 0.05) is 0 Å². The van der Waals surface area contributed by atoms with E-state index in [0.29, 0.717) is 0 Å². The van der Waals surface area contributed by atoms with Crippen LogP contribution < -0.4 is 0 Å². The second-order valence-corrected chi connectivity index (χ2v) is 22.5. The molecule has 14 heavy (non-hydrogen) atoms. The Kier molecular flexibility index (Phi) is 5.42. The van der Waals surface area contributed by atoms with Crippen molar-refractivity contribution in [3.63, 3.8) is 0 Å². The van der Waals surface area contributed by atoms with Crippen LogP contribution in [0.15, 0.2) is 0 Å². The normalized spacial score (nSPS) is 38.6. The third kappa shape index (κ3) is 3.76. The van der Waals surface area contributed by atoms with Gasteiger partial charge in [-0.05, 0) is 36.3 Å². The molecule has 1 saturated heterocycles. The van der Waals surface area contributed by atoms with E-state index in [2.05, 4.69) is 44.4 Å². The van der Waals surface area contributed by atoms with Crippen LogP contribution in [-0.4, -0.2) is 13.4 Å². The minimum Gasteiger partial charge on any atom is -0.126 e. The minimum absolute atomic E-state index is 0.937. The Labute approximate surface area is 106 Å². The Morgan fingerprint density at radius 1 is 0.786 bits per heavy atom. The molecule has 0 aromatic heterocycles. The van der Waals surface area contributed by atoms with E-state index in [0.717, 1.165) is 0 Å². The first-order valence-corrected chi connectivity index (χ1v) is 15.7. The zero-order chi connectivity index (χ0) is 10.7. The highest BCUT2D eigenvalue weighted by atomic mass is 79.9. The lowest BCUT2D eigenvalue weighted by Gasteiger charge is -2.38. The van der Waals surface area contributed by atoms with Crippen molar-refractivity contribution in [2.45, 2.75) is 63.0 Å². The number of hydrogen-bond acceptors (Lipinski definition) is 0. The van der Waals surface area contributed by atoms with Gasteiger partial charge < -0.3 is 0 Å². The maximum Gasteiger partial charge on any atom is 0.129 e. The summed E-state index contributed by atoms with van der Waals surface area (Å²) in [7, 11) is 0. The van der Waals surface area contributed by atoms with Gasteiger partial charge in [-0.1, -0.05) is 26.7 Å². The average molecular weight is 358 g/mol. The largest absolute Gasteiger partial charge is 0.129 e. The molecule has 0 saturated carbocycles. The maximum atomic E-state index is 4.10. The molecule has 0 aromatic carbocycles. The maximum absolute atomic E-state index is 4.10. The van der Waals surface area contributed by atoms with Gasteiger partial charge in [-0.15, -0.1) is 30.6 Å². The molecule has 1 rings (SSSR count). The van der Waals surface area contributed by atoms with E-state index in [1.54, 1.807) is 0 Å². The van der Waals surface area contributed by atoms with E-state index in [1.165, 1.54) is 49.1 Å². The second kappa shape index (κ2) is 5.64. The highest BCUT2D eigenvalue weighted by Gasteiger charge is 2.41. The molecule has 84 valence electrons. The Hall–Kier alpha value is 1.39. The van der Waals surface area contributed by atoms with Gasteiger partial charge in [0.05, 0.1) is 0 Å². The van der Waals surface area contributed by atoms with E-state index in [9.17, 15) is 0 Å². The van der Waals surface area contributed by atoms with Crippen molar-refractivity contribution < 1.29 is 0 Å². The lowest BCUT2D eigenvalue weighted by molar-refractivity contribution is 0.985. The summed E-state index contributed by atoms with van der Waals surface area (Å²) in [4.78, 5) is 0. The van der Waals surface area contributed by atoms with Crippen molar-refractivity contribution in [3.8, 4) is 0 Å². The molecule has 0 N–H and O–H groups in total. The SMILES string of the molecule is CCC[Si]1(Br)CC[Si](Br)(CCC)CC1. The molecule has 4 heteroatoms. The van der Waals surface area contributed by atoms with Crippen LogP contribution in [0, 0.1) is 0 Å². The van der Waals surface area contributed by atoms with Crippen molar-refractivity contribution in [1.29, 1.82) is 0 Å². The minimum atomic E-state index is -0.937. The molecule has 1 heterocycles. The highest BCUT2D eigenvalue weighted by Crippen LogP contribution is 2.46. The summed E-state index contributed by atoms with van der Waals surface area (Å²) >= 11 is 8.20. The third-order valence-electron chi connectivity index (χ3n) is 3.44. The molecular formula is C10H22Br2Si2. The van der Waals surface area contributed by atoms with Crippen molar-refractivity contribution in [3.05, 3.63) is 0 Å². The summed E-state index contributed by atoms with van der Waals surface area (Å²) in [5.74, 6) is 0. The molecule has 0 spiro atoms. The van der Waals surface area contributed by atoms with Crippen LogP contribution in [0.3, 0.4) is 0 Å². The third-order valence-corrected chi connectivity index (χ3v) is 19.0. The van der Waals surface area contributed by atoms with E-state index in [4.69, 9.17) is 0 Å². The molecule has 0 amide bonds. The lowest BCUT2D eigenvalue weighted by atomic mass is 10.6. The van der Waals surface area contributed by atoms with Gasteiger partial charge in [-0.3, -0.25) is 0 Å². The predicted octanol–water partition coefficient (Wildman–Crippen LogP) is 5.50. The quantitative estimate of drug-likeness (QED) is 0.460. The fraction of sp³-hybridized carbons (Fsp3) is 1.00. The Balaban J connectivity index is 2.44. The van der Waals surface area contributed by atoms with Gasteiger partial charge in [0.2, 0.25) is 0 Å². The Bertz CT molecular complexity index is 157. The number of hydrogen-bond donors (Lipinski definition) is 0. The zero-order valence-electron chi connectivity index (χ0n) is 9.41. The summed E-state index contributed by atoms with van der Waals surface area (Å²) in [5.41, 5.74) is 0. The number of halogens is 2.